The van der Waals surface area contributed by atoms with Crippen molar-refractivity contribution in [2.45, 2.75) is 32.2 Å². The van der Waals surface area contributed by atoms with E-state index in [9.17, 15) is 4.79 Å². The molecule has 1 fully saturated rings. The van der Waals surface area contributed by atoms with E-state index in [1.54, 1.807) is 18.3 Å². The van der Waals surface area contributed by atoms with E-state index in [2.05, 4.69) is 10.1 Å². The first-order valence-electron chi connectivity index (χ1n) is 6.36. The van der Waals surface area contributed by atoms with Crippen molar-refractivity contribution in [1.29, 1.82) is 0 Å². The molecule has 1 atom stereocenters. The molecular formula is C13H15N3O2S. The summed E-state index contributed by atoms with van der Waals surface area (Å²) in [5, 5.41) is 5.94. The van der Waals surface area contributed by atoms with E-state index in [-0.39, 0.29) is 11.9 Å². The zero-order valence-corrected chi connectivity index (χ0v) is 11.5. The van der Waals surface area contributed by atoms with Crippen molar-refractivity contribution in [3.63, 3.8) is 0 Å². The molecule has 0 aromatic carbocycles. The maximum absolute atomic E-state index is 12.3. The molecule has 0 spiro atoms. The topological polar surface area (TPSA) is 59.2 Å². The first kappa shape index (κ1) is 12.3. The van der Waals surface area contributed by atoms with Crippen LogP contribution in [0.1, 0.15) is 35.5 Å². The van der Waals surface area contributed by atoms with Crippen molar-refractivity contribution in [1.82, 2.24) is 15.0 Å². The zero-order valence-electron chi connectivity index (χ0n) is 10.7. The van der Waals surface area contributed by atoms with Crippen molar-refractivity contribution in [3.8, 4) is 0 Å². The van der Waals surface area contributed by atoms with Crippen LogP contribution in [0.3, 0.4) is 0 Å². The van der Waals surface area contributed by atoms with Gasteiger partial charge in [-0.1, -0.05) is 11.2 Å². The Bertz CT molecular complexity index is 564. The zero-order chi connectivity index (χ0) is 13.2. The van der Waals surface area contributed by atoms with Crippen molar-refractivity contribution in [3.05, 3.63) is 34.1 Å². The molecule has 1 aliphatic rings. The van der Waals surface area contributed by atoms with Crippen LogP contribution in [0.15, 0.2) is 22.0 Å². The molecule has 3 rings (SSSR count). The summed E-state index contributed by atoms with van der Waals surface area (Å²) in [4.78, 5) is 19.6. The van der Waals surface area contributed by atoms with Gasteiger partial charge < -0.3 is 9.42 Å². The van der Waals surface area contributed by atoms with Gasteiger partial charge in [0, 0.05) is 18.3 Å². The number of carbonyl (C=O) groups is 1. The lowest BCUT2D eigenvalue weighted by atomic mass is 10.2. The average molecular weight is 277 g/mol. The van der Waals surface area contributed by atoms with Crippen LogP contribution in [0.5, 0.6) is 0 Å². The first-order valence-corrected chi connectivity index (χ1v) is 7.24. The molecule has 2 aromatic rings. The molecule has 0 aliphatic carbocycles. The largest absolute Gasteiger partial charge is 0.340 e. The van der Waals surface area contributed by atoms with Crippen molar-refractivity contribution < 1.29 is 9.32 Å². The Balaban J connectivity index is 1.74. The van der Waals surface area contributed by atoms with E-state index < -0.39 is 0 Å². The third-order valence-corrected chi connectivity index (χ3v) is 4.20. The van der Waals surface area contributed by atoms with Gasteiger partial charge in [0.1, 0.15) is 0 Å². The van der Waals surface area contributed by atoms with Crippen molar-refractivity contribution in [2.75, 3.05) is 6.54 Å². The highest BCUT2D eigenvalue weighted by Gasteiger charge is 2.33. The molecule has 1 amide bonds. The molecule has 0 saturated carbocycles. The van der Waals surface area contributed by atoms with E-state index >= 15 is 0 Å². The minimum atomic E-state index is -0.0232. The monoisotopic (exact) mass is 277 g/mol. The van der Waals surface area contributed by atoms with Gasteiger partial charge in [0.15, 0.2) is 5.82 Å². The SMILES string of the molecule is Cc1nc(C2CCCN2C(=O)Cc2cccs2)no1. The Kier molecular flexibility index (Phi) is 3.33. The van der Waals surface area contributed by atoms with Gasteiger partial charge in [-0.05, 0) is 24.3 Å². The minimum Gasteiger partial charge on any atom is -0.340 e. The van der Waals surface area contributed by atoms with Gasteiger partial charge in [0.05, 0.1) is 12.5 Å². The lowest BCUT2D eigenvalue weighted by Crippen LogP contribution is -2.32. The van der Waals surface area contributed by atoms with Crippen molar-refractivity contribution in [2.24, 2.45) is 0 Å². The molecule has 0 bridgehead atoms. The lowest BCUT2D eigenvalue weighted by Gasteiger charge is -2.21. The number of thiophene rings is 1. The quantitative estimate of drug-likeness (QED) is 0.864. The highest BCUT2D eigenvalue weighted by Crippen LogP contribution is 2.30. The smallest absolute Gasteiger partial charge is 0.228 e. The number of hydrogen-bond donors (Lipinski definition) is 0. The molecule has 0 N–H and O–H groups in total. The summed E-state index contributed by atoms with van der Waals surface area (Å²) in [6.45, 7) is 2.55. The number of hydrogen-bond acceptors (Lipinski definition) is 5. The van der Waals surface area contributed by atoms with Gasteiger partial charge in [-0.2, -0.15) is 4.98 Å². The van der Waals surface area contributed by atoms with Gasteiger partial charge >= 0.3 is 0 Å². The molecule has 0 radical (unpaired) electrons. The van der Waals surface area contributed by atoms with Gasteiger partial charge in [-0.15, -0.1) is 11.3 Å². The molecular weight excluding hydrogens is 262 g/mol. The minimum absolute atomic E-state index is 0.0232. The number of aryl methyl sites for hydroxylation is 1. The predicted octanol–water partition coefficient (Wildman–Crippen LogP) is 2.35. The van der Waals surface area contributed by atoms with Crippen LogP contribution in [-0.4, -0.2) is 27.5 Å². The van der Waals surface area contributed by atoms with Gasteiger partial charge in [-0.25, -0.2) is 0 Å². The van der Waals surface area contributed by atoms with Crippen LogP contribution >= 0.6 is 11.3 Å². The summed E-state index contributed by atoms with van der Waals surface area (Å²) in [7, 11) is 0. The maximum atomic E-state index is 12.3. The third-order valence-electron chi connectivity index (χ3n) is 3.32. The van der Waals surface area contributed by atoms with Crippen LogP contribution in [0, 0.1) is 6.92 Å². The van der Waals surface area contributed by atoms with Crippen LogP contribution in [0.25, 0.3) is 0 Å². The fourth-order valence-corrected chi connectivity index (χ4v) is 3.14. The second-order valence-corrected chi connectivity index (χ2v) is 5.71. The standard InChI is InChI=1S/C13H15N3O2S/c1-9-14-13(15-18-9)11-5-2-6-16(11)12(17)8-10-4-3-7-19-10/h3-4,7,11H,2,5-6,8H2,1H3. The third kappa shape index (κ3) is 2.53. The molecule has 19 heavy (non-hydrogen) atoms. The number of amides is 1. The van der Waals surface area contributed by atoms with Crippen LogP contribution in [0.2, 0.25) is 0 Å². The fourth-order valence-electron chi connectivity index (χ4n) is 2.45. The Morgan fingerprint density at radius 2 is 2.53 bits per heavy atom. The Hall–Kier alpha value is -1.69. The summed E-state index contributed by atoms with van der Waals surface area (Å²) in [5.41, 5.74) is 0. The van der Waals surface area contributed by atoms with Gasteiger partial charge in [-0.3, -0.25) is 4.79 Å². The maximum Gasteiger partial charge on any atom is 0.228 e. The van der Waals surface area contributed by atoms with E-state index in [0.717, 1.165) is 24.3 Å². The molecule has 1 aliphatic heterocycles. The Labute approximate surface area is 115 Å². The van der Waals surface area contributed by atoms with E-state index in [4.69, 9.17) is 4.52 Å². The fraction of sp³-hybridized carbons (Fsp3) is 0.462. The summed E-state index contributed by atoms with van der Waals surface area (Å²) < 4.78 is 5.01. The van der Waals surface area contributed by atoms with E-state index in [1.807, 2.05) is 22.4 Å². The Morgan fingerprint density at radius 1 is 1.63 bits per heavy atom. The normalized spacial score (nSPS) is 19.0. The molecule has 6 heteroatoms. The highest BCUT2D eigenvalue weighted by atomic mass is 32.1. The molecule has 1 saturated heterocycles. The molecule has 2 aromatic heterocycles. The predicted molar refractivity (Wildman–Crippen MR) is 70.7 cm³/mol. The van der Waals surface area contributed by atoms with Gasteiger partial charge in [0.25, 0.3) is 0 Å². The molecule has 3 heterocycles. The second-order valence-electron chi connectivity index (χ2n) is 4.67. The number of likely N-dealkylation sites (tertiary alicyclic amines) is 1. The second kappa shape index (κ2) is 5.13. The van der Waals surface area contributed by atoms with E-state index in [1.165, 1.54) is 0 Å². The average Bonchev–Trinajstić information content (AvgIpc) is 3.07. The summed E-state index contributed by atoms with van der Waals surface area (Å²) in [5.74, 6) is 1.33. The number of nitrogens with zero attached hydrogens (tertiary/aromatic N) is 3. The lowest BCUT2D eigenvalue weighted by molar-refractivity contribution is -0.131. The highest BCUT2D eigenvalue weighted by molar-refractivity contribution is 7.10. The summed E-state index contributed by atoms with van der Waals surface area (Å²) in [6.07, 6.45) is 2.37. The first-order chi connectivity index (χ1) is 9.24. The summed E-state index contributed by atoms with van der Waals surface area (Å²) in [6, 6.07) is 3.94. The summed E-state index contributed by atoms with van der Waals surface area (Å²) >= 11 is 1.61. The number of aromatic nitrogens is 2. The molecule has 100 valence electrons. The number of carbonyl (C=O) groups excluding carboxylic acids is 1. The van der Waals surface area contributed by atoms with Crippen LogP contribution in [0.4, 0.5) is 0 Å². The van der Waals surface area contributed by atoms with Crippen LogP contribution < -0.4 is 0 Å². The van der Waals surface area contributed by atoms with Crippen LogP contribution in [-0.2, 0) is 11.2 Å². The van der Waals surface area contributed by atoms with Crippen molar-refractivity contribution >= 4 is 17.2 Å². The Morgan fingerprint density at radius 3 is 3.21 bits per heavy atom. The van der Waals surface area contributed by atoms with E-state index in [0.29, 0.717) is 18.1 Å². The molecule has 5 nitrogen and oxygen atoms in total. The molecule has 1 unspecified atom stereocenters. The van der Waals surface area contributed by atoms with Gasteiger partial charge in [0.2, 0.25) is 11.8 Å². The number of rotatable bonds is 3.